The first-order valence-corrected chi connectivity index (χ1v) is 15.5. The number of amides is 2. The van der Waals surface area contributed by atoms with Crippen molar-refractivity contribution < 1.29 is 42.1 Å². The fraction of sp³-hybridized carbons (Fsp3) is 0.306. The van der Waals surface area contributed by atoms with E-state index in [-0.39, 0.29) is 36.0 Å². The fourth-order valence-corrected chi connectivity index (χ4v) is 5.46. The van der Waals surface area contributed by atoms with E-state index >= 15 is 0 Å². The van der Waals surface area contributed by atoms with Gasteiger partial charge in [-0.05, 0) is 69.7 Å². The number of carbonyl (C=O) groups excluding carboxylic acids is 3. The maximum atomic E-state index is 14.9. The molecule has 2 heterocycles. The Bertz CT molecular complexity index is 1930. The van der Waals surface area contributed by atoms with Gasteiger partial charge in [-0.1, -0.05) is 18.2 Å². The van der Waals surface area contributed by atoms with E-state index in [1.165, 1.54) is 39.2 Å². The monoisotopic (exact) mass is 689 g/mol. The lowest BCUT2D eigenvalue weighted by molar-refractivity contribution is -0.148. The Morgan fingerprint density at radius 3 is 2.18 bits per heavy atom. The van der Waals surface area contributed by atoms with Crippen molar-refractivity contribution in [1.82, 2.24) is 20.2 Å². The molecule has 1 aliphatic rings. The smallest absolute Gasteiger partial charge is 0.408 e. The second kappa shape index (κ2) is 14.0. The number of aromatic nitrogens is 2. The second-order valence-corrected chi connectivity index (χ2v) is 12.6. The highest BCUT2D eigenvalue weighted by Gasteiger charge is 2.40. The molecule has 4 aromatic rings. The molecular weight excluding hydrogens is 652 g/mol. The zero-order chi connectivity index (χ0) is 36.4. The molecule has 0 fully saturated rings. The topological polar surface area (TPSA) is 141 Å². The summed E-state index contributed by atoms with van der Waals surface area (Å²) in [6.45, 7) is 6.71. The van der Waals surface area contributed by atoms with Crippen LogP contribution in [-0.4, -0.2) is 59.8 Å². The van der Waals surface area contributed by atoms with E-state index in [9.17, 15) is 23.2 Å². The van der Waals surface area contributed by atoms with E-state index in [2.05, 4.69) is 20.6 Å². The molecule has 1 atom stereocenters. The first-order valence-electron chi connectivity index (χ1n) is 15.5. The van der Waals surface area contributed by atoms with Crippen molar-refractivity contribution in [2.24, 2.45) is 0 Å². The number of alkyl carbamates (subject to hydrolysis) is 1. The van der Waals surface area contributed by atoms with Gasteiger partial charge >= 0.3 is 12.1 Å². The van der Waals surface area contributed by atoms with Crippen molar-refractivity contribution in [3.63, 3.8) is 0 Å². The minimum absolute atomic E-state index is 0.0113. The Labute approximate surface area is 287 Å². The first kappa shape index (κ1) is 35.5. The van der Waals surface area contributed by atoms with Crippen molar-refractivity contribution >= 4 is 29.5 Å². The lowest BCUT2D eigenvalue weighted by atomic mass is 9.92. The molecule has 0 aliphatic carbocycles. The van der Waals surface area contributed by atoms with Gasteiger partial charge in [0.05, 0.1) is 45.7 Å². The van der Waals surface area contributed by atoms with E-state index in [4.69, 9.17) is 18.9 Å². The Kier molecular flexibility index (Phi) is 9.93. The quantitative estimate of drug-likeness (QED) is 0.184. The third-order valence-electron chi connectivity index (χ3n) is 7.94. The number of nitrogens with one attached hydrogen (secondary N) is 2. The summed E-state index contributed by atoms with van der Waals surface area (Å²) in [7, 11) is 4.24. The zero-order valence-electron chi connectivity index (χ0n) is 28.6. The van der Waals surface area contributed by atoms with Crippen molar-refractivity contribution in [2.75, 3.05) is 26.6 Å². The summed E-state index contributed by atoms with van der Waals surface area (Å²) in [4.78, 5) is 49.8. The van der Waals surface area contributed by atoms with Gasteiger partial charge in [-0.3, -0.25) is 4.79 Å². The third kappa shape index (κ3) is 7.28. The highest BCUT2D eigenvalue weighted by Crippen LogP contribution is 2.36. The molecule has 12 nitrogen and oxygen atoms in total. The molecule has 0 spiro atoms. The molecule has 14 heteroatoms. The van der Waals surface area contributed by atoms with Gasteiger partial charge < -0.3 is 34.5 Å². The van der Waals surface area contributed by atoms with Gasteiger partial charge in [0, 0.05) is 17.3 Å². The lowest BCUT2D eigenvalue weighted by Gasteiger charge is -2.30. The molecule has 3 aromatic carbocycles. The van der Waals surface area contributed by atoms with Gasteiger partial charge in [-0.25, -0.2) is 28.3 Å². The predicted molar refractivity (Wildman–Crippen MR) is 179 cm³/mol. The summed E-state index contributed by atoms with van der Waals surface area (Å²) >= 11 is 0. The molecule has 0 unspecified atom stereocenters. The number of nitrogens with zero attached hydrogens (tertiary/aromatic N) is 3. The number of rotatable bonds is 10. The standard InChI is InChI=1S/C36H37F2N5O7/c1-35(2,3)50-34(46)42-36(4,33(45)49-7)21-12-14-22(15-13-21)39-31-29-26(40-30(41-31)28-24(37)9-8-10-25(28)38)19-43(32(29)44)18-20-11-16-23(47-5)17-27(20)48-6/h8-17H,18-19H2,1-7H3,(H,42,46)(H,39,40,41)/t36-/m0/s1. The SMILES string of the molecule is COC(=O)[C@@](C)(NC(=O)OC(C)(C)C)c1ccc(Nc2nc(-c3c(F)cccc3F)nc3c2C(=O)N(Cc2ccc(OC)cc2OC)C3)cc1. The molecule has 0 bridgehead atoms. The maximum absolute atomic E-state index is 14.9. The summed E-state index contributed by atoms with van der Waals surface area (Å²) in [5, 5.41) is 5.67. The number of benzene rings is 3. The number of hydrogen-bond donors (Lipinski definition) is 2. The largest absolute Gasteiger partial charge is 0.497 e. The first-order chi connectivity index (χ1) is 23.7. The summed E-state index contributed by atoms with van der Waals surface area (Å²) in [6, 6.07) is 15.0. The van der Waals surface area contributed by atoms with Crippen molar-refractivity contribution in [1.29, 1.82) is 0 Å². The Hall–Kier alpha value is -5.79. The Balaban J connectivity index is 1.51. The molecular formula is C36H37F2N5O7. The van der Waals surface area contributed by atoms with Crippen LogP contribution in [0.25, 0.3) is 11.4 Å². The van der Waals surface area contributed by atoms with Crippen LogP contribution in [0, 0.1) is 11.6 Å². The lowest BCUT2D eigenvalue weighted by Crippen LogP contribution is -2.51. The van der Waals surface area contributed by atoms with Gasteiger partial charge in [0.1, 0.15) is 40.1 Å². The van der Waals surface area contributed by atoms with Crippen molar-refractivity contribution in [3.8, 4) is 22.9 Å². The molecule has 2 amide bonds. The summed E-state index contributed by atoms with van der Waals surface area (Å²) in [6.07, 6.45) is -0.826. The van der Waals surface area contributed by atoms with Gasteiger partial charge in [-0.15, -0.1) is 0 Å². The Morgan fingerprint density at radius 2 is 1.58 bits per heavy atom. The molecule has 0 radical (unpaired) electrons. The van der Waals surface area contributed by atoms with Crippen molar-refractivity contribution in [3.05, 3.63) is 94.7 Å². The average molecular weight is 690 g/mol. The van der Waals surface area contributed by atoms with Crippen LogP contribution in [0.2, 0.25) is 0 Å². The number of methoxy groups -OCH3 is 3. The van der Waals surface area contributed by atoms with E-state index in [1.54, 1.807) is 63.2 Å². The number of esters is 1. The number of hydrogen-bond acceptors (Lipinski definition) is 10. The summed E-state index contributed by atoms with van der Waals surface area (Å²) in [5.41, 5.74) is -1.05. The number of anilines is 2. The summed E-state index contributed by atoms with van der Waals surface area (Å²) < 4.78 is 51.0. The van der Waals surface area contributed by atoms with Crippen LogP contribution in [0.3, 0.4) is 0 Å². The minimum Gasteiger partial charge on any atom is -0.497 e. The van der Waals surface area contributed by atoms with Crippen LogP contribution < -0.4 is 20.1 Å². The number of halogens is 2. The molecule has 5 rings (SSSR count). The van der Waals surface area contributed by atoms with Gasteiger partial charge in [-0.2, -0.15) is 0 Å². The maximum Gasteiger partial charge on any atom is 0.408 e. The number of fused-ring (bicyclic) bond motifs is 1. The van der Waals surface area contributed by atoms with Crippen LogP contribution in [0.15, 0.2) is 60.7 Å². The van der Waals surface area contributed by atoms with Crippen LogP contribution in [0.5, 0.6) is 11.5 Å². The highest BCUT2D eigenvalue weighted by atomic mass is 19.1. The van der Waals surface area contributed by atoms with Crippen LogP contribution >= 0.6 is 0 Å². The normalized spacial score (nSPS) is 13.6. The Morgan fingerprint density at radius 1 is 0.900 bits per heavy atom. The average Bonchev–Trinajstić information content (AvgIpc) is 3.38. The van der Waals surface area contributed by atoms with Crippen molar-refractivity contribution in [2.45, 2.75) is 51.9 Å². The fourth-order valence-electron chi connectivity index (χ4n) is 5.46. The molecule has 2 N–H and O–H groups in total. The number of ether oxygens (including phenoxy) is 4. The van der Waals surface area contributed by atoms with E-state index < -0.39 is 46.3 Å². The van der Waals surface area contributed by atoms with Crippen LogP contribution in [0.4, 0.5) is 25.1 Å². The minimum atomic E-state index is -1.62. The van der Waals surface area contributed by atoms with E-state index in [0.717, 1.165) is 12.1 Å². The van der Waals surface area contributed by atoms with Crippen LogP contribution in [0.1, 0.15) is 54.9 Å². The predicted octanol–water partition coefficient (Wildman–Crippen LogP) is 6.25. The molecule has 0 saturated heterocycles. The van der Waals surface area contributed by atoms with Gasteiger partial charge in [0.15, 0.2) is 11.4 Å². The van der Waals surface area contributed by atoms with E-state index in [1.807, 2.05) is 0 Å². The van der Waals surface area contributed by atoms with Crippen LogP contribution in [-0.2, 0) is 32.9 Å². The molecule has 1 aliphatic heterocycles. The second-order valence-electron chi connectivity index (χ2n) is 12.6. The molecule has 50 heavy (non-hydrogen) atoms. The third-order valence-corrected chi connectivity index (χ3v) is 7.94. The molecule has 262 valence electrons. The van der Waals surface area contributed by atoms with E-state index in [0.29, 0.717) is 28.3 Å². The molecule has 0 saturated carbocycles. The summed E-state index contributed by atoms with van der Waals surface area (Å²) in [5.74, 6) is -2.06. The van der Waals surface area contributed by atoms with Gasteiger partial charge in [0.2, 0.25) is 0 Å². The number of carbonyl (C=O) groups is 3. The zero-order valence-corrected chi connectivity index (χ0v) is 28.6. The van der Waals surface area contributed by atoms with Gasteiger partial charge in [0.25, 0.3) is 5.91 Å². The highest BCUT2D eigenvalue weighted by molar-refractivity contribution is 6.03. The molecule has 1 aromatic heterocycles.